The Labute approximate surface area is 810 Å². The summed E-state index contributed by atoms with van der Waals surface area (Å²) in [6, 6.07) is -1.71. The summed E-state index contributed by atoms with van der Waals surface area (Å²) in [6.07, 6.45) is -0.232. The van der Waals surface area contributed by atoms with Gasteiger partial charge >= 0.3 is 45.9 Å². The first kappa shape index (κ1) is 146. The number of carboxylic acid groups (broad SMARTS) is 7. The fourth-order valence-electron chi connectivity index (χ4n) is 10.2. The number of amides is 8. The number of aliphatic carboxylic acids is 7. The van der Waals surface area contributed by atoms with E-state index in [4.69, 9.17) is 5.11 Å². The molecule has 41 nitrogen and oxygen atoms in total. The maximum atomic E-state index is 12.9. The van der Waals surface area contributed by atoms with Crippen molar-refractivity contribution in [2.75, 3.05) is 194 Å². The van der Waals surface area contributed by atoms with E-state index in [2.05, 4.69) is 47.9 Å². The molecule has 123 heavy (non-hydrogen) atoms. The van der Waals surface area contributed by atoms with E-state index in [0.29, 0.717) is 36.0 Å². The summed E-state index contributed by atoms with van der Waals surface area (Å²) in [7, 11) is 7.16. The van der Waals surface area contributed by atoms with Crippen molar-refractivity contribution in [1.82, 2.24) is 77.3 Å². The van der Waals surface area contributed by atoms with Crippen molar-refractivity contribution in [1.29, 1.82) is 0 Å². The van der Waals surface area contributed by atoms with Gasteiger partial charge in [-0.05, 0) is 60.4 Å². The summed E-state index contributed by atoms with van der Waals surface area (Å²) in [5.41, 5.74) is -1.89. The van der Waals surface area contributed by atoms with E-state index in [1.165, 1.54) is 100 Å². The molecule has 0 aliphatic rings. The molecule has 0 aliphatic heterocycles. The Balaban J connectivity index is -0.000000165. The first-order chi connectivity index (χ1) is 52.4. The molecule has 1 radical (unpaired) electrons. The van der Waals surface area contributed by atoms with Gasteiger partial charge in [-0.1, -0.05) is 138 Å². The van der Waals surface area contributed by atoms with Gasteiger partial charge in [-0.25, -0.2) is 0 Å². The molecule has 4 unspecified atom stereocenters. The topological polar surface area (TPSA) is 614 Å². The molecule has 0 saturated heterocycles. The van der Waals surface area contributed by atoms with Crippen molar-refractivity contribution in [2.24, 2.45) is 10.8 Å². The van der Waals surface area contributed by atoms with Crippen molar-refractivity contribution >= 4 is 150 Å². The molecule has 4 atom stereocenters. The van der Waals surface area contributed by atoms with E-state index < -0.39 is 146 Å². The number of rotatable bonds is 67. The predicted octanol–water partition coefficient (Wildman–Crippen LogP) is -6.72. The number of carboxylic acids is 7. The Hall–Kier alpha value is -5.21. The van der Waals surface area contributed by atoms with Crippen molar-refractivity contribution in [3.63, 3.8) is 0 Å². The molecule has 0 rings (SSSR count). The van der Waals surface area contributed by atoms with Gasteiger partial charge in [0, 0.05) is 211 Å². The van der Waals surface area contributed by atoms with Crippen LogP contribution in [0.1, 0.15) is 161 Å². The largest absolute Gasteiger partial charge is 3.00 e. The summed E-state index contributed by atoms with van der Waals surface area (Å²) >= 11 is 0. The maximum Gasteiger partial charge on any atom is 3.00 e. The van der Waals surface area contributed by atoms with Crippen molar-refractivity contribution in [3.05, 3.63) is 0 Å². The number of carbonyl (C=O) groups is 18. The minimum atomic E-state index is -1.46. The number of Topliss-reactive ketones (excluding diaryl/α,β-unsaturated/α-hetero) is 3. The third-order valence-electron chi connectivity index (χ3n) is 15.8. The normalized spacial score (nSPS) is 11.5. The number of ketones is 3. The maximum absolute atomic E-state index is 12.9. The van der Waals surface area contributed by atoms with Crippen LogP contribution in [0.4, 0.5) is 0 Å². The second-order valence-electron chi connectivity index (χ2n) is 26.7. The Morgan fingerprint density at radius 3 is 1.01 bits per heavy atom. The second kappa shape index (κ2) is 84.9. The quantitative estimate of drug-likeness (QED) is 0.0199. The van der Waals surface area contributed by atoms with Crippen LogP contribution >= 0.6 is 43.2 Å². The van der Waals surface area contributed by atoms with Crippen molar-refractivity contribution < 1.29 is 207 Å². The predicted molar refractivity (Wildman–Crippen MR) is 462 cm³/mol. The number of carbonyl (C=O) groups excluding carboxylic acids is 17. The Kier molecular flexibility index (Phi) is 101. The van der Waals surface area contributed by atoms with Gasteiger partial charge in [0.05, 0.1) is 93.3 Å². The summed E-state index contributed by atoms with van der Waals surface area (Å²) in [5, 5.41) is 109. The number of nitrogens with zero attached hydrogens (tertiary/aromatic N) is 6. The van der Waals surface area contributed by atoms with Crippen LogP contribution in [-0.4, -0.2) is 358 Å². The fourth-order valence-corrected chi connectivity index (χ4v) is 13.8. The molecular formula is C76H147Gd2N15O26S4-3. The van der Waals surface area contributed by atoms with Crippen LogP contribution < -0.4 is 78.5 Å². The number of nitrogens with one attached hydrogen (secondary N) is 9. The number of likely N-dealkylation sites (N-methyl/N-ethyl adjacent to an activating group) is 1. The van der Waals surface area contributed by atoms with Crippen LogP contribution in [0.3, 0.4) is 0 Å². The van der Waals surface area contributed by atoms with Crippen LogP contribution in [0.5, 0.6) is 0 Å². The summed E-state index contributed by atoms with van der Waals surface area (Å²) < 4.78 is 0. The zero-order valence-corrected chi connectivity index (χ0v) is 73.5. The first-order valence-electron chi connectivity index (χ1n) is 35.7. The molecule has 0 saturated carbocycles. The number of aliphatic hydroxyl groups excluding tert-OH is 1. The number of hydrogen-bond acceptors (Lipinski definition) is 36. The van der Waals surface area contributed by atoms with E-state index in [0.717, 1.165) is 0 Å². The van der Waals surface area contributed by atoms with Crippen molar-refractivity contribution in [2.45, 2.75) is 179 Å². The second-order valence-corrected chi connectivity index (χ2v) is 32.1. The van der Waals surface area contributed by atoms with Gasteiger partial charge in [0.25, 0.3) is 0 Å². The van der Waals surface area contributed by atoms with Crippen LogP contribution in [-0.2, 0) is 86.3 Å². The van der Waals surface area contributed by atoms with E-state index in [9.17, 15) is 122 Å². The smallest absolute Gasteiger partial charge is 0.549 e. The molecule has 8 amide bonds. The van der Waals surface area contributed by atoms with Crippen LogP contribution in [0.25, 0.3) is 0 Å². The summed E-state index contributed by atoms with van der Waals surface area (Å²) in [6.45, 7) is 8.17. The van der Waals surface area contributed by atoms with Gasteiger partial charge < -0.3 is 117 Å². The van der Waals surface area contributed by atoms with Gasteiger partial charge in [0.15, 0.2) is 5.78 Å². The average Bonchev–Trinajstić information content (AvgIpc) is 0.814. The zero-order chi connectivity index (χ0) is 85.5. The SMILES string of the molecule is C.C.C.C.C.C.C.C.C.CCC(C)(CC(C)(C)C(=O)NCC(=O)NCC(=O)NCCSSCCNC(=O)CN(CCN(CCN(CC(C)=O)CC(=O)[O-])CC(=O)[O-])CC(=O)[O-])C(=O)NCC(C)O.CNC(CCC(=O)O)C(=O)NC(CCC(=O)NCCSSCCNC(=O)CN(CCN(CCN(CC(C)=O)CC(=O)[O-])CC(=O)[O-])CC(=O)[O-])C(C)=O.[Gd+3].[Gd]. The summed E-state index contributed by atoms with van der Waals surface area (Å²) in [5.74, 6) is -12.2. The third-order valence-corrected chi connectivity index (χ3v) is 20.7. The van der Waals surface area contributed by atoms with Crippen molar-refractivity contribution in [3.8, 4) is 0 Å². The fraction of sp³-hybridized carbons (Fsp3) is 0.763. The van der Waals surface area contributed by atoms with E-state index in [-0.39, 0.29) is 326 Å². The molecule has 0 aliphatic carbocycles. The number of hydrogen-bond donors (Lipinski definition) is 11. The Bertz CT molecular complexity index is 3050. The zero-order valence-electron chi connectivity index (χ0n) is 65.7. The van der Waals surface area contributed by atoms with E-state index in [1.807, 2.05) is 6.92 Å². The molecule has 0 aromatic carbocycles. The standard InChI is InChI=1S/C36H64N8O13S2.C31H53N7O13S2.9CH4.2Gd/c1-7-36(6,34(57)40-16-25(2)45)24-35(4,5)33(56)41-18-28(48)39-17-27(47)37-8-14-58-59-15-9-38-29(49)20-44(23-32(54)55)13-11-42(21-30(50)51)10-12-43(19-26(3)46)22-31(52)53;1-21(39)16-37(19-29(47)48)12-10-36(18-28(45)46)11-13-38(20-30(49)50)17-26(42)34-9-15-53-52-14-8-33-25(41)6-4-23(22(2)40)35-31(51)24(32-3)5-7-27(43)44;;;;;;;;;;;/h25,45H,7-24H2,1-6H3,(H,37,47)(H,38,49)(H,39,48)(H,40,57)(H,41,56)(H,50,51)(H,52,53)(H,54,55);23-24,32H,4-20H2,1-3H3,(H,33,41)(H,34,42)(H,35,51)(H,43,44)(H,45,46)(H,47,48)(H,49,50);9*1H4;;/q;;;;;;;;;;;;+3/p-6. The third kappa shape index (κ3) is 82.2. The van der Waals surface area contributed by atoms with Crippen LogP contribution in [0.2, 0.25) is 0 Å². The minimum absolute atomic E-state index is 0. The van der Waals surface area contributed by atoms with E-state index >= 15 is 0 Å². The monoisotopic (exact) mass is 2130 g/mol. The number of aliphatic hydroxyl groups is 1. The van der Waals surface area contributed by atoms with Gasteiger partial charge in [0.2, 0.25) is 47.3 Å². The van der Waals surface area contributed by atoms with Crippen LogP contribution in [0, 0.1) is 90.7 Å². The Morgan fingerprint density at radius 1 is 0.398 bits per heavy atom. The first-order valence-corrected chi connectivity index (χ1v) is 40.7. The van der Waals surface area contributed by atoms with Gasteiger partial charge in [0.1, 0.15) is 11.6 Å². The summed E-state index contributed by atoms with van der Waals surface area (Å²) in [4.78, 5) is 220. The Morgan fingerprint density at radius 2 is 0.699 bits per heavy atom. The molecule has 0 aromatic rings. The molecule has 0 spiro atoms. The molecule has 0 aromatic heterocycles. The molecular weight excluding hydrogens is 1980 g/mol. The average molecular weight is 2130 g/mol. The van der Waals surface area contributed by atoms with E-state index in [1.54, 1.807) is 27.7 Å². The minimum Gasteiger partial charge on any atom is -0.549 e. The molecule has 0 fully saturated rings. The molecule has 725 valence electrons. The molecule has 11 N–H and O–H groups in total. The van der Waals surface area contributed by atoms with Crippen LogP contribution in [0.15, 0.2) is 0 Å². The van der Waals surface area contributed by atoms with Gasteiger partial charge in [-0.2, -0.15) is 0 Å². The van der Waals surface area contributed by atoms with Gasteiger partial charge in [-0.3, -0.25) is 86.9 Å². The molecule has 0 heterocycles. The molecule has 47 heteroatoms. The van der Waals surface area contributed by atoms with Gasteiger partial charge in [-0.15, -0.1) is 0 Å². The molecule has 0 bridgehead atoms.